The van der Waals surface area contributed by atoms with Gasteiger partial charge in [-0.3, -0.25) is 9.59 Å². The molecular formula is C22H16N3O2+. The van der Waals surface area contributed by atoms with Crippen molar-refractivity contribution in [2.24, 2.45) is 0 Å². The number of aromatic nitrogens is 3. The summed E-state index contributed by atoms with van der Waals surface area (Å²) < 4.78 is 1.91. The highest BCUT2D eigenvalue weighted by atomic mass is 16.1. The van der Waals surface area contributed by atoms with Crippen molar-refractivity contribution < 1.29 is 14.2 Å². The molecule has 0 bridgehead atoms. The summed E-state index contributed by atoms with van der Waals surface area (Å²) in [5.74, 6) is 0. The van der Waals surface area contributed by atoms with E-state index in [9.17, 15) is 9.59 Å². The van der Waals surface area contributed by atoms with Crippen LogP contribution in [0.4, 0.5) is 0 Å². The average Bonchev–Trinajstić information content (AvgIpc) is 2.73. The van der Waals surface area contributed by atoms with Crippen LogP contribution in [0.15, 0.2) is 67.0 Å². The molecule has 0 spiro atoms. The summed E-state index contributed by atoms with van der Waals surface area (Å²) in [6.07, 6.45) is 4.93. The number of pyridine rings is 1. The quantitative estimate of drug-likeness (QED) is 0.416. The molecule has 27 heavy (non-hydrogen) atoms. The number of aldehydes is 2. The number of para-hydroxylation sites is 2. The maximum Gasteiger partial charge on any atom is 0.220 e. The van der Waals surface area contributed by atoms with Gasteiger partial charge in [-0.1, -0.05) is 30.3 Å². The van der Waals surface area contributed by atoms with E-state index in [1.807, 2.05) is 60.0 Å². The second-order valence-electron chi connectivity index (χ2n) is 6.19. The Balaban J connectivity index is 1.99. The summed E-state index contributed by atoms with van der Waals surface area (Å²) in [7, 11) is 0. The topological polar surface area (TPSA) is 63.8 Å². The van der Waals surface area contributed by atoms with Crippen molar-refractivity contribution in [3.05, 3.63) is 83.9 Å². The molecule has 0 amide bonds. The molecule has 0 aliphatic carbocycles. The zero-order chi connectivity index (χ0) is 18.8. The Bertz CT molecular complexity index is 1190. The minimum atomic E-state index is 0.343. The molecule has 0 unspecified atom stereocenters. The van der Waals surface area contributed by atoms with E-state index in [0.717, 1.165) is 40.4 Å². The monoisotopic (exact) mass is 354 g/mol. The van der Waals surface area contributed by atoms with Crippen molar-refractivity contribution >= 4 is 23.5 Å². The molecule has 0 saturated carbocycles. The molecule has 2 aromatic carbocycles. The number of benzene rings is 2. The van der Waals surface area contributed by atoms with Gasteiger partial charge in [0, 0.05) is 23.9 Å². The van der Waals surface area contributed by atoms with Gasteiger partial charge in [0.2, 0.25) is 17.6 Å². The van der Waals surface area contributed by atoms with Crippen LogP contribution in [0.1, 0.15) is 26.5 Å². The summed E-state index contributed by atoms with van der Waals surface area (Å²) in [5.41, 5.74) is 5.00. The molecule has 5 nitrogen and oxygen atoms in total. The maximum absolute atomic E-state index is 11.6. The highest BCUT2D eigenvalue weighted by Crippen LogP contribution is 2.27. The van der Waals surface area contributed by atoms with E-state index in [0.29, 0.717) is 17.0 Å². The van der Waals surface area contributed by atoms with Crippen molar-refractivity contribution in [2.45, 2.75) is 6.92 Å². The normalized spacial score (nSPS) is 10.7. The molecule has 2 heterocycles. The van der Waals surface area contributed by atoms with Crippen molar-refractivity contribution in [3.8, 4) is 16.9 Å². The first-order valence-corrected chi connectivity index (χ1v) is 8.49. The Hall–Kier alpha value is -3.73. The summed E-state index contributed by atoms with van der Waals surface area (Å²) in [4.78, 5) is 31.6. The number of carbonyl (C=O) groups excluding carboxylic acids is 2. The first kappa shape index (κ1) is 16.7. The molecule has 2 aromatic heterocycles. The van der Waals surface area contributed by atoms with Gasteiger partial charge in [-0.25, -0.2) is 9.97 Å². The molecule has 0 aliphatic heterocycles. The number of aryl methyl sites for hydroxylation is 1. The van der Waals surface area contributed by atoms with Gasteiger partial charge in [0.15, 0.2) is 18.3 Å². The van der Waals surface area contributed by atoms with Gasteiger partial charge in [0.1, 0.15) is 0 Å². The molecule has 0 N–H and O–H groups in total. The first-order chi connectivity index (χ1) is 13.2. The molecule has 4 aromatic rings. The molecule has 130 valence electrons. The van der Waals surface area contributed by atoms with E-state index < -0.39 is 0 Å². The van der Waals surface area contributed by atoms with Gasteiger partial charge in [0.25, 0.3) is 0 Å². The fourth-order valence-electron chi connectivity index (χ4n) is 3.16. The number of hydrogen-bond acceptors (Lipinski definition) is 4. The smallest absolute Gasteiger partial charge is 0.220 e. The van der Waals surface area contributed by atoms with Gasteiger partial charge in [0.05, 0.1) is 23.0 Å². The van der Waals surface area contributed by atoms with Crippen LogP contribution in [-0.2, 0) is 0 Å². The Labute approximate surface area is 156 Å². The van der Waals surface area contributed by atoms with E-state index in [2.05, 4.69) is 4.98 Å². The van der Waals surface area contributed by atoms with E-state index in [4.69, 9.17) is 4.98 Å². The van der Waals surface area contributed by atoms with Crippen LogP contribution in [0.25, 0.3) is 27.8 Å². The molecule has 0 saturated heterocycles. The van der Waals surface area contributed by atoms with Gasteiger partial charge >= 0.3 is 0 Å². The molecule has 0 radical (unpaired) electrons. The Morgan fingerprint density at radius 3 is 2.56 bits per heavy atom. The fraction of sp³-hybridized carbons (Fsp3) is 0.0455. The van der Waals surface area contributed by atoms with Crippen LogP contribution in [0.5, 0.6) is 0 Å². The average molecular weight is 354 g/mol. The van der Waals surface area contributed by atoms with Gasteiger partial charge in [-0.05, 0) is 18.2 Å². The summed E-state index contributed by atoms with van der Waals surface area (Å²) >= 11 is 0. The maximum atomic E-state index is 11.6. The molecule has 5 heteroatoms. The summed E-state index contributed by atoms with van der Waals surface area (Å²) in [6.45, 7) is 1.92. The predicted molar refractivity (Wildman–Crippen MR) is 102 cm³/mol. The largest absolute Gasteiger partial charge is 0.298 e. The van der Waals surface area contributed by atoms with E-state index >= 15 is 0 Å². The summed E-state index contributed by atoms with van der Waals surface area (Å²) in [6, 6.07) is 17.1. The standard InChI is InChI=1S/C22H16N3O2/c1-15-11-23-17(14-27)12-25(15)22-9-5-3-7-19(22)21-10-16(13-26)18-6-2-4-8-20(18)24-21/h2-14H,1H3/q+1. The Kier molecular flexibility index (Phi) is 4.26. The minimum absolute atomic E-state index is 0.343. The third kappa shape index (κ3) is 3.00. The highest BCUT2D eigenvalue weighted by Gasteiger charge is 2.19. The number of hydrogen-bond donors (Lipinski definition) is 0. The zero-order valence-corrected chi connectivity index (χ0v) is 14.7. The van der Waals surface area contributed by atoms with Crippen molar-refractivity contribution in [3.63, 3.8) is 0 Å². The number of fused-ring (bicyclic) bond motifs is 1. The Morgan fingerprint density at radius 2 is 1.74 bits per heavy atom. The second kappa shape index (κ2) is 6.88. The lowest BCUT2D eigenvalue weighted by atomic mass is 10.0. The van der Waals surface area contributed by atoms with Crippen LogP contribution in [0.3, 0.4) is 0 Å². The Morgan fingerprint density at radius 1 is 0.963 bits per heavy atom. The van der Waals surface area contributed by atoms with Gasteiger partial charge < -0.3 is 0 Å². The summed E-state index contributed by atoms with van der Waals surface area (Å²) in [5, 5.41) is 0.824. The highest BCUT2D eigenvalue weighted by molar-refractivity contribution is 5.98. The molecular weight excluding hydrogens is 338 g/mol. The zero-order valence-electron chi connectivity index (χ0n) is 14.7. The predicted octanol–water partition coefficient (Wildman–Crippen LogP) is 3.51. The lowest BCUT2D eigenvalue weighted by molar-refractivity contribution is -0.602. The van der Waals surface area contributed by atoms with Crippen molar-refractivity contribution in [2.75, 3.05) is 0 Å². The fourth-order valence-corrected chi connectivity index (χ4v) is 3.16. The third-order valence-corrected chi connectivity index (χ3v) is 4.48. The second-order valence-corrected chi connectivity index (χ2v) is 6.19. The molecule has 0 atom stereocenters. The van der Waals surface area contributed by atoms with Crippen LogP contribution < -0.4 is 4.57 Å². The number of nitrogens with zero attached hydrogens (tertiary/aromatic N) is 3. The molecule has 4 rings (SSSR count). The number of rotatable bonds is 4. The lowest BCUT2D eigenvalue weighted by Gasteiger charge is -2.09. The van der Waals surface area contributed by atoms with Crippen LogP contribution in [-0.4, -0.2) is 22.5 Å². The van der Waals surface area contributed by atoms with Crippen LogP contribution in [0, 0.1) is 6.92 Å². The van der Waals surface area contributed by atoms with Crippen LogP contribution in [0.2, 0.25) is 0 Å². The van der Waals surface area contributed by atoms with E-state index in [-0.39, 0.29) is 0 Å². The third-order valence-electron chi connectivity index (χ3n) is 4.48. The van der Waals surface area contributed by atoms with Gasteiger partial charge in [-0.15, -0.1) is 0 Å². The van der Waals surface area contributed by atoms with Gasteiger partial charge in [-0.2, -0.15) is 4.57 Å². The lowest BCUT2D eigenvalue weighted by Crippen LogP contribution is -2.35. The van der Waals surface area contributed by atoms with E-state index in [1.54, 1.807) is 18.5 Å². The first-order valence-electron chi connectivity index (χ1n) is 8.49. The van der Waals surface area contributed by atoms with Crippen molar-refractivity contribution in [1.82, 2.24) is 9.97 Å². The van der Waals surface area contributed by atoms with Crippen LogP contribution >= 0.6 is 0 Å². The SMILES string of the molecule is Cc1cnc(C=O)c[n+]1-c1ccccc1-c1cc(C=O)c2ccccc2n1. The number of carbonyl (C=O) groups is 2. The minimum Gasteiger partial charge on any atom is -0.298 e. The molecule has 0 aliphatic rings. The molecule has 0 fully saturated rings. The van der Waals surface area contributed by atoms with E-state index in [1.165, 1.54) is 0 Å². The van der Waals surface area contributed by atoms with Crippen molar-refractivity contribution in [1.29, 1.82) is 0 Å².